The molecule has 1 aliphatic heterocycles. The predicted octanol–water partition coefficient (Wildman–Crippen LogP) is 2.30. The van der Waals surface area contributed by atoms with E-state index in [4.69, 9.17) is 0 Å². The molecule has 3 heteroatoms. The van der Waals surface area contributed by atoms with E-state index in [-0.39, 0.29) is 5.91 Å². The molecule has 0 spiro atoms. The first-order valence-corrected chi connectivity index (χ1v) is 6.38. The van der Waals surface area contributed by atoms with Crippen molar-refractivity contribution in [3.63, 3.8) is 0 Å². The highest BCUT2D eigenvalue weighted by Crippen LogP contribution is 2.16. The third-order valence-electron chi connectivity index (χ3n) is 3.13. The topological polar surface area (TPSA) is 23.6 Å². The molecule has 1 fully saturated rings. The van der Waals surface area contributed by atoms with Gasteiger partial charge in [-0.1, -0.05) is 29.8 Å². The summed E-state index contributed by atoms with van der Waals surface area (Å²) in [5.41, 5.74) is 2.30. The van der Waals surface area contributed by atoms with Crippen molar-refractivity contribution >= 4 is 11.6 Å². The number of carbonyl (C=O) groups is 1. The van der Waals surface area contributed by atoms with Crippen LogP contribution in [-0.2, 0) is 4.79 Å². The Morgan fingerprint density at radius 2 is 1.94 bits per heavy atom. The van der Waals surface area contributed by atoms with Crippen LogP contribution in [0.2, 0.25) is 0 Å². The smallest absolute Gasteiger partial charge is 0.241 e. The van der Waals surface area contributed by atoms with Crippen LogP contribution in [0.3, 0.4) is 0 Å². The molecule has 0 aromatic heterocycles. The summed E-state index contributed by atoms with van der Waals surface area (Å²) < 4.78 is 0. The Bertz CT molecular complexity index is 435. The Balaban J connectivity index is 1.97. The lowest BCUT2D eigenvalue weighted by Gasteiger charge is -2.33. The number of hydrogen-bond donors (Lipinski definition) is 0. The van der Waals surface area contributed by atoms with Crippen molar-refractivity contribution in [3.05, 3.63) is 42.0 Å². The molecule has 1 saturated heterocycles. The van der Waals surface area contributed by atoms with Crippen molar-refractivity contribution in [1.29, 1.82) is 0 Å². The Labute approximate surface area is 109 Å². The first-order chi connectivity index (χ1) is 8.66. The van der Waals surface area contributed by atoms with Gasteiger partial charge < -0.3 is 4.90 Å². The van der Waals surface area contributed by atoms with Crippen LogP contribution in [-0.4, -0.2) is 37.0 Å². The van der Waals surface area contributed by atoms with Crippen LogP contribution in [0.4, 0.5) is 5.69 Å². The van der Waals surface area contributed by atoms with Crippen molar-refractivity contribution in [3.8, 4) is 0 Å². The van der Waals surface area contributed by atoms with E-state index in [0.717, 1.165) is 25.3 Å². The molecule has 0 N–H and O–H groups in total. The van der Waals surface area contributed by atoms with Crippen LogP contribution in [0.5, 0.6) is 0 Å². The van der Waals surface area contributed by atoms with Gasteiger partial charge in [-0.25, -0.2) is 0 Å². The van der Waals surface area contributed by atoms with Crippen molar-refractivity contribution in [2.24, 2.45) is 0 Å². The van der Waals surface area contributed by atoms with E-state index in [0.29, 0.717) is 6.54 Å². The van der Waals surface area contributed by atoms with Gasteiger partial charge in [-0.3, -0.25) is 9.69 Å². The second-order valence-electron chi connectivity index (χ2n) is 4.90. The molecule has 1 amide bonds. The summed E-state index contributed by atoms with van der Waals surface area (Å²) in [6.07, 6.45) is 2.17. The van der Waals surface area contributed by atoms with E-state index in [1.807, 2.05) is 35.2 Å². The SMILES string of the molecule is CC(C)=CCN1CCN(c2ccccc2)C(=O)C1. The first kappa shape index (κ1) is 12.8. The zero-order valence-electron chi connectivity index (χ0n) is 11.1. The number of carbonyl (C=O) groups excluding carboxylic acids is 1. The average Bonchev–Trinajstić information content (AvgIpc) is 2.37. The number of hydrogen-bond acceptors (Lipinski definition) is 2. The minimum atomic E-state index is 0.189. The van der Waals surface area contributed by atoms with Crippen molar-refractivity contribution in [2.45, 2.75) is 13.8 Å². The molecule has 0 atom stereocenters. The standard InChI is InChI=1S/C15H20N2O/c1-13(2)8-9-16-10-11-17(15(18)12-16)14-6-4-3-5-7-14/h3-8H,9-12H2,1-2H3. The highest BCUT2D eigenvalue weighted by atomic mass is 16.2. The molecule has 1 aromatic rings. The number of piperazine rings is 1. The summed E-state index contributed by atoms with van der Waals surface area (Å²) >= 11 is 0. The van der Waals surface area contributed by atoms with E-state index in [9.17, 15) is 4.79 Å². The van der Waals surface area contributed by atoms with E-state index in [1.165, 1.54) is 5.57 Å². The highest BCUT2D eigenvalue weighted by Gasteiger charge is 2.23. The highest BCUT2D eigenvalue weighted by molar-refractivity contribution is 5.95. The molecular weight excluding hydrogens is 224 g/mol. The maximum atomic E-state index is 12.1. The van der Waals surface area contributed by atoms with Crippen LogP contribution in [0, 0.1) is 0 Å². The molecule has 3 nitrogen and oxygen atoms in total. The summed E-state index contributed by atoms with van der Waals surface area (Å²) in [7, 11) is 0. The van der Waals surface area contributed by atoms with Gasteiger partial charge in [-0.05, 0) is 26.0 Å². The molecular formula is C15H20N2O. The monoisotopic (exact) mass is 244 g/mol. The number of nitrogens with zero attached hydrogens (tertiary/aromatic N) is 2. The molecule has 18 heavy (non-hydrogen) atoms. The minimum absolute atomic E-state index is 0.189. The molecule has 96 valence electrons. The van der Waals surface area contributed by atoms with Gasteiger partial charge in [0.05, 0.1) is 6.54 Å². The summed E-state index contributed by atoms with van der Waals surface area (Å²) in [5, 5.41) is 0. The Morgan fingerprint density at radius 3 is 2.56 bits per heavy atom. The largest absolute Gasteiger partial charge is 0.310 e. The molecule has 1 heterocycles. The first-order valence-electron chi connectivity index (χ1n) is 6.38. The fourth-order valence-corrected chi connectivity index (χ4v) is 2.07. The lowest BCUT2D eigenvalue weighted by atomic mass is 10.2. The third kappa shape index (κ3) is 3.20. The Kier molecular flexibility index (Phi) is 4.15. The van der Waals surface area contributed by atoms with Gasteiger partial charge in [0.1, 0.15) is 0 Å². The molecule has 1 aromatic carbocycles. The predicted molar refractivity (Wildman–Crippen MR) is 74.7 cm³/mol. The summed E-state index contributed by atoms with van der Waals surface area (Å²) in [6, 6.07) is 9.89. The maximum absolute atomic E-state index is 12.1. The van der Waals surface area contributed by atoms with Crippen molar-refractivity contribution in [2.75, 3.05) is 31.1 Å². The van der Waals surface area contributed by atoms with E-state index in [1.54, 1.807) is 0 Å². The lowest BCUT2D eigenvalue weighted by Crippen LogP contribution is -2.50. The fourth-order valence-electron chi connectivity index (χ4n) is 2.07. The van der Waals surface area contributed by atoms with Gasteiger partial charge in [0.15, 0.2) is 0 Å². The van der Waals surface area contributed by atoms with Crippen LogP contribution in [0.15, 0.2) is 42.0 Å². The van der Waals surface area contributed by atoms with Crippen LogP contribution < -0.4 is 4.90 Å². The van der Waals surface area contributed by atoms with Gasteiger partial charge in [-0.15, -0.1) is 0 Å². The fraction of sp³-hybridized carbons (Fsp3) is 0.400. The van der Waals surface area contributed by atoms with Crippen molar-refractivity contribution in [1.82, 2.24) is 4.90 Å². The quantitative estimate of drug-likeness (QED) is 0.762. The van der Waals surface area contributed by atoms with Crippen LogP contribution >= 0.6 is 0 Å². The number of anilines is 1. The Hall–Kier alpha value is -1.61. The van der Waals surface area contributed by atoms with Crippen LogP contribution in [0.25, 0.3) is 0 Å². The molecule has 0 radical (unpaired) electrons. The lowest BCUT2D eigenvalue weighted by molar-refractivity contribution is -0.121. The average molecular weight is 244 g/mol. The van der Waals surface area contributed by atoms with E-state index < -0.39 is 0 Å². The molecule has 2 rings (SSSR count). The molecule has 1 aliphatic rings. The number of para-hydroxylation sites is 1. The number of amides is 1. The van der Waals surface area contributed by atoms with Gasteiger partial charge in [0, 0.05) is 25.3 Å². The zero-order chi connectivity index (χ0) is 13.0. The van der Waals surface area contributed by atoms with Gasteiger partial charge in [0.25, 0.3) is 0 Å². The number of rotatable bonds is 3. The molecule has 0 saturated carbocycles. The van der Waals surface area contributed by atoms with Crippen molar-refractivity contribution < 1.29 is 4.79 Å². The van der Waals surface area contributed by atoms with E-state index >= 15 is 0 Å². The number of allylic oxidation sites excluding steroid dienone is 1. The number of benzene rings is 1. The molecule has 0 aliphatic carbocycles. The molecule has 0 bridgehead atoms. The second kappa shape index (κ2) is 5.83. The van der Waals surface area contributed by atoms with Crippen LogP contribution in [0.1, 0.15) is 13.8 Å². The Morgan fingerprint density at radius 1 is 1.22 bits per heavy atom. The maximum Gasteiger partial charge on any atom is 0.241 e. The summed E-state index contributed by atoms with van der Waals surface area (Å²) in [5.74, 6) is 0.189. The van der Waals surface area contributed by atoms with Gasteiger partial charge in [0.2, 0.25) is 5.91 Å². The van der Waals surface area contributed by atoms with E-state index in [2.05, 4.69) is 24.8 Å². The normalized spacial score (nSPS) is 16.8. The van der Waals surface area contributed by atoms with Gasteiger partial charge >= 0.3 is 0 Å². The molecule has 0 unspecified atom stereocenters. The summed E-state index contributed by atoms with van der Waals surface area (Å²) in [4.78, 5) is 16.2. The second-order valence-corrected chi connectivity index (χ2v) is 4.90. The van der Waals surface area contributed by atoms with Gasteiger partial charge in [-0.2, -0.15) is 0 Å². The zero-order valence-corrected chi connectivity index (χ0v) is 11.1. The third-order valence-corrected chi connectivity index (χ3v) is 3.13. The minimum Gasteiger partial charge on any atom is -0.310 e. The summed E-state index contributed by atoms with van der Waals surface area (Å²) in [6.45, 7) is 7.27.